The molecule has 0 unspecified atom stereocenters. The van der Waals surface area contributed by atoms with E-state index in [2.05, 4.69) is 33.0 Å². The van der Waals surface area contributed by atoms with E-state index >= 15 is 0 Å². The maximum atomic E-state index is 3.04. The molecule has 0 aliphatic heterocycles. The lowest BCUT2D eigenvalue weighted by Crippen LogP contribution is -2.34. The van der Waals surface area contributed by atoms with Crippen molar-refractivity contribution >= 4 is 0 Å². The van der Waals surface area contributed by atoms with Crippen LogP contribution in [0.4, 0.5) is 0 Å². The van der Waals surface area contributed by atoms with Gasteiger partial charge in [0.15, 0.2) is 0 Å². The lowest BCUT2D eigenvalue weighted by atomic mass is 10.4. The van der Waals surface area contributed by atoms with Crippen molar-refractivity contribution < 1.29 is 4.48 Å². The summed E-state index contributed by atoms with van der Waals surface area (Å²) in [7, 11) is 6.53. The van der Waals surface area contributed by atoms with Gasteiger partial charge >= 0.3 is 0 Å². The molecule has 0 spiro atoms. The van der Waals surface area contributed by atoms with E-state index in [0.29, 0.717) is 0 Å². The van der Waals surface area contributed by atoms with Crippen LogP contribution in [0.25, 0.3) is 0 Å². The molecule has 0 amide bonds. The van der Waals surface area contributed by atoms with Crippen LogP contribution >= 0.6 is 0 Å². The van der Waals surface area contributed by atoms with Gasteiger partial charge in [0.05, 0.1) is 34.1 Å². The smallest absolute Gasteiger partial charge is 0.0891 e. The number of rotatable bonds is 2. The highest BCUT2D eigenvalue weighted by molar-refractivity contribution is 4.94. The molecule has 0 aliphatic carbocycles. The van der Waals surface area contributed by atoms with Crippen molar-refractivity contribution in [1.29, 1.82) is 0 Å². The topological polar surface area (TPSA) is 0 Å². The summed E-state index contributed by atoms with van der Waals surface area (Å²) in [4.78, 5) is 0. The Kier molecular flexibility index (Phi) is 9.10. The minimum Gasteiger partial charge on any atom is -0.330 e. The second kappa shape index (κ2) is 7.63. The molecule has 0 N–H and O–H groups in total. The second-order valence-corrected chi connectivity index (χ2v) is 3.19. The first-order valence-electron chi connectivity index (χ1n) is 4.26. The molecule has 0 aromatic rings. The highest BCUT2D eigenvalue weighted by Gasteiger charge is 2.02. The van der Waals surface area contributed by atoms with Crippen molar-refractivity contribution in [3.8, 4) is 11.8 Å². The second-order valence-electron chi connectivity index (χ2n) is 3.19. The van der Waals surface area contributed by atoms with E-state index in [1.807, 2.05) is 20.8 Å². The summed E-state index contributed by atoms with van der Waals surface area (Å²) >= 11 is 0. The quantitative estimate of drug-likeness (QED) is 0.424. The Morgan fingerprint density at radius 1 is 1.09 bits per heavy atom. The van der Waals surface area contributed by atoms with Crippen LogP contribution in [-0.4, -0.2) is 32.2 Å². The van der Waals surface area contributed by atoms with Crippen LogP contribution in [0.2, 0.25) is 0 Å². The summed E-state index contributed by atoms with van der Waals surface area (Å²) < 4.78 is 1.01. The van der Waals surface area contributed by atoms with Gasteiger partial charge in [-0.15, -0.1) is 5.92 Å². The fourth-order valence-corrected chi connectivity index (χ4v) is 0.516. The molecule has 0 atom stereocenters. The minimum atomic E-state index is 1.01. The third-order valence-corrected chi connectivity index (χ3v) is 1.08. The van der Waals surface area contributed by atoms with Crippen LogP contribution in [0, 0.1) is 11.8 Å². The van der Waals surface area contributed by atoms with Crippen molar-refractivity contribution in [1.82, 2.24) is 0 Å². The molecule has 0 saturated heterocycles. The largest absolute Gasteiger partial charge is 0.330 e. The fourth-order valence-electron chi connectivity index (χ4n) is 0.516. The van der Waals surface area contributed by atoms with Crippen LogP contribution in [0.15, 0.2) is 0 Å². The molecule has 0 aliphatic rings. The van der Waals surface area contributed by atoms with Crippen LogP contribution < -0.4 is 0 Å². The molecule has 0 aromatic heterocycles. The first-order chi connectivity index (χ1) is 5.06. The van der Waals surface area contributed by atoms with Gasteiger partial charge in [0.2, 0.25) is 0 Å². The van der Waals surface area contributed by atoms with Crippen LogP contribution in [0.3, 0.4) is 0 Å². The Hall–Kier alpha value is -0.480. The van der Waals surface area contributed by atoms with E-state index in [4.69, 9.17) is 0 Å². The van der Waals surface area contributed by atoms with Crippen molar-refractivity contribution in [3.05, 3.63) is 0 Å². The van der Waals surface area contributed by atoms with Gasteiger partial charge in [-0.05, 0) is 6.92 Å². The maximum absolute atomic E-state index is 3.04. The zero-order valence-corrected chi connectivity index (χ0v) is 8.86. The molecule has 0 saturated carbocycles. The molecule has 0 radical (unpaired) electrons. The Labute approximate surface area is 72.0 Å². The molecule has 0 bridgehead atoms. The van der Waals surface area contributed by atoms with Crippen molar-refractivity contribution in [2.75, 3.05) is 27.7 Å². The number of hydrogen-bond donors (Lipinski definition) is 0. The highest BCUT2D eigenvalue weighted by Crippen LogP contribution is 1.90. The number of nitrogens with zero attached hydrogens (tertiary/aromatic N) is 1. The molecule has 66 valence electrons. The molecule has 0 rings (SSSR count). The minimum absolute atomic E-state index is 1.01. The molecule has 11 heavy (non-hydrogen) atoms. The van der Waals surface area contributed by atoms with Crippen LogP contribution in [0.5, 0.6) is 0 Å². The first-order valence-corrected chi connectivity index (χ1v) is 4.26. The molecule has 1 heteroatoms. The van der Waals surface area contributed by atoms with Crippen molar-refractivity contribution in [2.24, 2.45) is 0 Å². The van der Waals surface area contributed by atoms with Gasteiger partial charge in [-0.2, -0.15) is 0 Å². The summed E-state index contributed by atoms with van der Waals surface area (Å²) in [6.45, 7) is 7.02. The van der Waals surface area contributed by atoms with Gasteiger partial charge < -0.3 is 4.48 Å². The molecule has 0 aromatic carbocycles. The van der Waals surface area contributed by atoms with E-state index in [0.717, 1.165) is 17.4 Å². The van der Waals surface area contributed by atoms with E-state index in [1.165, 1.54) is 0 Å². The lowest BCUT2D eigenvalue weighted by Gasteiger charge is -2.22. The van der Waals surface area contributed by atoms with Gasteiger partial charge in [0.1, 0.15) is 0 Å². The Morgan fingerprint density at radius 2 is 1.55 bits per heavy atom. The number of quaternary nitrogens is 1. The molecular weight excluding hydrogens is 134 g/mol. The molecule has 1 nitrogen and oxygen atoms in total. The zero-order chi connectivity index (χ0) is 9.33. The van der Waals surface area contributed by atoms with Crippen molar-refractivity contribution in [3.63, 3.8) is 0 Å². The van der Waals surface area contributed by atoms with Gasteiger partial charge in [-0.25, -0.2) is 0 Å². The lowest BCUT2D eigenvalue weighted by molar-refractivity contribution is -0.869. The maximum Gasteiger partial charge on any atom is 0.0891 e. The summed E-state index contributed by atoms with van der Waals surface area (Å²) in [6.07, 6.45) is 1.01. The average Bonchev–Trinajstić information content (AvgIpc) is 1.90. The van der Waals surface area contributed by atoms with Gasteiger partial charge in [0.25, 0.3) is 0 Å². The highest BCUT2D eigenvalue weighted by atomic mass is 15.3. The zero-order valence-electron chi connectivity index (χ0n) is 8.86. The van der Waals surface area contributed by atoms with Gasteiger partial charge in [-0.1, -0.05) is 19.8 Å². The number of hydrogen-bond acceptors (Lipinski definition) is 0. The summed E-state index contributed by atoms with van der Waals surface area (Å²) in [5.41, 5.74) is 0. The van der Waals surface area contributed by atoms with E-state index < -0.39 is 0 Å². The Balaban J connectivity index is 0. The van der Waals surface area contributed by atoms with Crippen LogP contribution in [0.1, 0.15) is 27.2 Å². The first kappa shape index (κ1) is 13.1. The summed E-state index contributed by atoms with van der Waals surface area (Å²) in [6, 6.07) is 0. The monoisotopic (exact) mass is 156 g/mol. The normalized spacial score (nSPS) is 8.91. The van der Waals surface area contributed by atoms with Crippen molar-refractivity contribution in [2.45, 2.75) is 27.2 Å². The average molecular weight is 156 g/mol. The molecular formula is C10H22N+. The van der Waals surface area contributed by atoms with E-state index in [-0.39, 0.29) is 0 Å². The third kappa shape index (κ3) is 17.7. The Morgan fingerprint density at radius 3 is 1.82 bits per heavy atom. The third-order valence-electron chi connectivity index (χ3n) is 1.08. The summed E-state index contributed by atoms with van der Waals surface area (Å²) in [5.74, 6) is 5.92. The van der Waals surface area contributed by atoms with E-state index in [9.17, 15) is 0 Å². The van der Waals surface area contributed by atoms with E-state index in [1.54, 1.807) is 0 Å². The SMILES string of the molecule is CC.CC#CCC[N+](C)(C)C. The summed E-state index contributed by atoms with van der Waals surface area (Å²) in [5, 5.41) is 0. The standard InChI is InChI=1S/C8H16N.C2H6/c1-5-6-7-8-9(2,3)4;1-2/h7-8H2,1-4H3;1-2H3/q+1;. The van der Waals surface area contributed by atoms with Gasteiger partial charge in [-0.3, -0.25) is 0 Å². The fraction of sp³-hybridized carbons (Fsp3) is 0.800. The predicted octanol–water partition coefficient (Wildman–Crippen LogP) is 2.13. The van der Waals surface area contributed by atoms with Gasteiger partial charge in [0, 0.05) is 0 Å². The Bertz CT molecular complexity index is 120. The predicted molar refractivity (Wildman–Crippen MR) is 52.3 cm³/mol. The molecule has 0 fully saturated rings. The van der Waals surface area contributed by atoms with Crippen LogP contribution in [-0.2, 0) is 0 Å². The molecule has 0 heterocycles.